The summed E-state index contributed by atoms with van der Waals surface area (Å²) in [4.78, 5) is 16.5. The Labute approximate surface area is 222 Å². The van der Waals surface area contributed by atoms with Crippen LogP contribution >= 0.6 is 11.3 Å². The van der Waals surface area contributed by atoms with Crippen LogP contribution in [0.1, 0.15) is 0 Å². The number of fused-ring (bicyclic) bond motifs is 6. The van der Waals surface area contributed by atoms with E-state index in [-0.39, 0.29) is 0 Å². The maximum absolute atomic E-state index is 5.21. The van der Waals surface area contributed by atoms with E-state index in [1.54, 1.807) is 11.3 Å². The summed E-state index contributed by atoms with van der Waals surface area (Å²) < 4.78 is 3.36. The molecule has 0 aliphatic heterocycles. The molecule has 0 bridgehead atoms. The summed E-state index contributed by atoms with van der Waals surface area (Å²) >= 11 is 1.68. The van der Waals surface area contributed by atoms with E-state index in [0.29, 0.717) is 0 Å². The molecule has 0 amide bonds. The SMILES string of the molecule is c1ccc(-c2cc(-c3ccccc3)nc(-n3c4ccccc4c4nc5c(nc43)sc3ccccc35)c2)cc1. The summed E-state index contributed by atoms with van der Waals surface area (Å²) in [5.41, 5.74) is 7.96. The van der Waals surface area contributed by atoms with Crippen molar-refractivity contribution in [3.05, 3.63) is 121 Å². The van der Waals surface area contributed by atoms with Crippen LogP contribution in [-0.4, -0.2) is 19.5 Å². The summed E-state index contributed by atoms with van der Waals surface area (Å²) in [6.45, 7) is 0. The Bertz CT molecular complexity index is 2070. The molecule has 0 aliphatic rings. The molecule has 38 heavy (non-hydrogen) atoms. The van der Waals surface area contributed by atoms with Crippen LogP contribution in [0.25, 0.3) is 70.7 Å². The highest BCUT2D eigenvalue weighted by Gasteiger charge is 2.19. The van der Waals surface area contributed by atoms with Gasteiger partial charge >= 0.3 is 0 Å². The summed E-state index contributed by atoms with van der Waals surface area (Å²) in [7, 11) is 0. The van der Waals surface area contributed by atoms with Crippen molar-refractivity contribution in [2.45, 2.75) is 0 Å². The molecule has 8 aromatic rings. The fourth-order valence-corrected chi connectivity index (χ4v) is 6.26. The van der Waals surface area contributed by atoms with Crippen LogP contribution in [0.5, 0.6) is 0 Å². The lowest BCUT2D eigenvalue weighted by molar-refractivity contribution is 1.06. The van der Waals surface area contributed by atoms with E-state index in [1.807, 2.05) is 12.1 Å². The molecule has 0 fully saturated rings. The third-order valence-electron chi connectivity index (χ3n) is 7.02. The Morgan fingerprint density at radius 2 is 1.21 bits per heavy atom. The molecule has 0 spiro atoms. The molecule has 0 N–H and O–H groups in total. The predicted molar refractivity (Wildman–Crippen MR) is 158 cm³/mol. The highest BCUT2D eigenvalue weighted by Crippen LogP contribution is 2.37. The maximum atomic E-state index is 5.21. The molecule has 4 aromatic heterocycles. The monoisotopic (exact) mass is 504 g/mol. The first-order valence-corrected chi connectivity index (χ1v) is 13.4. The summed E-state index contributed by atoms with van der Waals surface area (Å²) in [5, 5.41) is 2.22. The number of aromatic nitrogens is 4. The average molecular weight is 505 g/mol. The van der Waals surface area contributed by atoms with Gasteiger partial charge in [-0.05, 0) is 35.4 Å². The zero-order valence-corrected chi connectivity index (χ0v) is 21.1. The number of para-hydroxylation sites is 1. The molecular weight excluding hydrogens is 484 g/mol. The quantitative estimate of drug-likeness (QED) is 0.242. The van der Waals surface area contributed by atoms with Crippen LogP contribution in [0.4, 0.5) is 0 Å². The third kappa shape index (κ3) is 3.26. The van der Waals surface area contributed by atoms with E-state index in [0.717, 1.165) is 66.0 Å². The fourth-order valence-electron chi connectivity index (χ4n) is 5.25. The van der Waals surface area contributed by atoms with Crippen molar-refractivity contribution >= 4 is 53.8 Å². The number of rotatable bonds is 3. The van der Waals surface area contributed by atoms with Gasteiger partial charge in [-0.2, -0.15) is 0 Å². The molecule has 0 saturated heterocycles. The van der Waals surface area contributed by atoms with Gasteiger partial charge in [-0.1, -0.05) is 97.1 Å². The Morgan fingerprint density at radius 3 is 2.03 bits per heavy atom. The number of pyridine rings is 1. The molecular formula is C33H20N4S. The number of hydrogen-bond acceptors (Lipinski definition) is 4. The highest BCUT2D eigenvalue weighted by atomic mass is 32.1. The Kier molecular flexibility index (Phi) is 4.66. The molecule has 0 saturated carbocycles. The average Bonchev–Trinajstić information content (AvgIpc) is 3.51. The topological polar surface area (TPSA) is 43.6 Å². The highest BCUT2D eigenvalue weighted by molar-refractivity contribution is 7.25. The molecule has 4 heterocycles. The molecule has 0 atom stereocenters. The zero-order chi connectivity index (χ0) is 25.1. The van der Waals surface area contributed by atoms with E-state index in [4.69, 9.17) is 15.0 Å². The lowest BCUT2D eigenvalue weighted by atomic mass is 10.0. The van der Waals surface area contributed by atoms with Crippen LogP contribution in [0, 0.1) is 0 Å². The Hall–Kier alpha value is -4.87. The van der Waals surface area contributed by atoms with Gasteiger partial charge in [-0.15, -0.1) is 11.3 Å². The van der Waals surface area contributed by atoms with Crippen molar-refractivity contribution in [2.24, 2.45) is 0 Å². The van der Waals surface area contributed by atoms with Gasteiger partial charge in [-0.25, -0.2) is 15.0 Å². The smallest absolute Gasteiger partial charge is 0.167 e. The first-order valence-electron chi connectivity index (χ1n) is 12.6. The molecule has 178 valence electrons. The summed E-state index contributed by atoms with van der Waals surface area (Å²) in [6, 6.07) is 41.9. The minimum absolute atomic E-state index is 0.821. The number of nitrogens with zero attached hydrogens (tertiary/aromatic N) is 4. The van der Waals surface area contributed by atoms with E-state index < -0.39 is 0 Å². The minimum Gasteiger partial charge on any atom is -0.276 e. The Balaban J connectivity index is 1.48. The molecule has 4 aromatic carbocycles. The number of thiophene rings is 1. The van der Waals surface area contributed by atoms with E-state index in [9.17, 15) is 0 Å². The largest absolute Gasteiger partial charge is 0.276 e. The van der Waals surface area contributed by atoms with Crippen molar-refractivity contribution < 1.29 is 0 Å². The molecule has 8 rings (SSSR count). The van der Waals surface area contributed by atoms with Crippen LogP contribution < -0.4 is 0 Å². The zero-order valence-electron chi connectivity index (χ0n) is 20.2. The lowest BCUT2D eigenvalue weighted by Crippen LogP contribution is -2.01. The lowest BCUT2D eigenvalue weighted by Gasteiger charge is -2.12. The second kappa shape index (κ2) is 8.33. The van der Waals surface area contributed by atoms with E-state index >= 15 is 0 Å². The molecule has 4 nitrogen and oxygen atoms in total. The number of hydrogen-bond donors (Lipinski definition) is 0. The molecule has 0 unspecified atom stereocenters. The molecule has 0 aliphatic carbocycles. The van der Waals surface area contributed by atoms with E-state index in [1.165, 1.54) is 4.70 Å². The van der Waals surface area contributed by atoms with Crippen LogP contribution in [-0.2, 0) is 0 Å². The van der Waals surface area contributed by atoms with Gasteiger partial charge in [0.2, 0.25) is 0 Å². The van der Waals surface area contributed by atoms with Crippen molar-refractivity contribution in [3.63, 3.8) is 0 Å². The number of benzene rings is 4. The van der Waals surface area contributed by atoms with E-state index in [2.05, 4.69) is 114 Å². The van der Waals surface area contributed by atoms with Gasteiger partial charge in [0.05, 0.1) is 11.2 Å². The molecule has 0 radical (unpaired) electrons. The second-order valence-electron chi connectivity index (χ2n) is 9.33. The standard InChI is InChI=1S/C33H20N4S/c1-3-11-21(12-4-1)23-19-26(22-13-5-2-6-14-22)34-29(20-23)37-27-17-9-7-15-24(27)30-32(37)36-33-31(35-30)25-16-8-10-18-28(25)38-33/h1-20H. The summed E-state index contributed by atoms with van der Waals surface area (Å²) in [5.74, 6) is 0.825. The first kappa shape index (κ1) is 21.2. The van der Waals surface area contributed by atoms with Crippen molar-refractivity contribution in [2.75, 3.05) is 0 Å². The predicted octanol–water partition coefficient (Wildman–Crippen LogP) is 8.67. The fraction of sp³-hybridized carbons (Fsp3) is 0. The van der Waals surface area contributed by atoms with Crippen LogP contribution in [0.15, 0.2) is 121 Å². The van der Waals surface area contributed by atoms with Gasteiger partial charge in [0, 0.05) is 21.0 Å². The summed E-state index contributed by atoms with van der Waals surface area (Å²) in [6.07, 6.45) is 0. The molecule has 5 heteroatoms. The van der Waals surface area contributed by atoms with Gasteiger partial charge in [0.15, 0.2) is 5.65 Å². The Morgan fingerprint density at radius 1 is 0.526 bits per heavy atom. The van der Waals surface area contributed by atoms with Gasteiger partial charge < -0.3 is 0 Å². The van der Waals surface area contributed by atoms with Crippen LogP contribution in [0.2, 0.25) is 0 Å². The van der Waals surface area contributed by atoms with Gasteiger partial charge in [-0.3, -0.25) is 4.57 Å². The van der Waals surface area contributed by atoms with Crippen molar-refractivity contribution in [3.8, 4) is 28.2 Å². The van der Waals surface area contributed by atoms with Crippen molar-refractivity contribution in [1.82, 2.24) is 19.5 Å². The normalized spacial score (nSPS) is 11.7. The minimum atomic E-state index is 0.821. The first-order chi connectivity index (χ1) is 18.8. The second-order valence-corrected chi connectivity index (χ2v) is 10.4. The van der Waals surface area contributed by atoms with Gasteiger partial charge in [0.25, 0.3) is 0 Å². The van der Waals surface area contributed by atoms with Crippen molar-refractivity contribution in [1.29, 1.82) is 0 Å². The van der Waals surface area contributed by atoms with Gasteiger partial charge in [0.1, 0.15) is 21.7 Å². The van der Waals surface area contributed by atoms with Crippen LogP contribution in [0.3, 0.4) is 0 Å². The maximum Gasteiger partial charge on any atom is 0.167 e. The third-order valence-corrected chi connectivity index (χ3v) is 8.08.